The van der Waals surface area contributed by atoms with Crippen molar-refractivity contribution in [1.29, 1.82) is 0 Å². The average molecular weight is 759 g/mol. The second-order valence-electron chi connectivity index (χ2n) is 15.7. The van der Waals surface area contributed by atoms with E-state index in [4.69, 9.17) is 7.55 Å². The van der Waals surface area contributed by atoms with Crippen molar-refractivity contribution in [2.45, 2.75) is 145 Å². The maximum atomic E-state index is 11.8. The summed E-state index contributed by atoms with van der Waals surface area (Å²) in [4.78, 5) is 11.8. The fourth-order valence-corrected chi connectivity index (χ4v) is 12.4. The minimum absolute atomic E-state index is 0.0131. The van der Waals surface area contributed by atoms with Gasteiger partial charge in [-0.15, -0.1) is 0 Å². The van der Waals surface area contributed by atoms with Crippen LogP contribution in [-0.4, -0.2) is 43.0 Å². The summed E-state index contributed by atoms with van der Waals surface area (Å²) in [6.07, 6.45) is 10.7. The number of hydrogen-bond donors (Lipinski definition) is 2. The Kier molecular flexibility index (Phi) is 11.0. The molecule has 2 N–H and O–H groups in total. The van der Waals surface area contributed by atoms with Crippen molar-refractivity contribution in [1.82, 2.24) is 5.32 Å². The van der Waals surface area contributed by atoms with Gasteiger partial charge in [0.15, 0.2) is 0 Å². The zero-order valence-corrected chi connectivity index (χ0v) is 30.6. The van der Waals surface area contributed by atoms with Crippen molar-refractivity contribution in [2.24, 2.45) is 50.7 Å². The summed E-state index contributed by atoms with van der Waals surface area (Å²) in [6.45, 7) is 24.2. The van der Waals surface area contributed by atoms with Crippen LogP contribution in [0.2, 0.25) is 0 Å². The number of hydrogen-bond acceptors (Lipinski definition) is 5. The van der Waals surface area contributed by atoms with Crippen molar-refractivity contribution in [3.8, 4) is 0 Å². The van der Waals surface area contributed by atoms with Crippen LogP contribution in [0.3, 0.4) is 0 Å². The van der Waals surface area contributed by atoms with Gasteiger partial charge in [-0.1, -0.05) is 13.8 Å². The van der Waals surface area contributed by atoms with Crippen LogP contribution in [-0.2, 0) is 12.3 Å². The topological polar surface area (TPSA) is 67.8 Å². The second kappa shape index (κ2) is 12.7. The summed E-state index contributed by atoms with van der Waals surface area (Å²) in [5.41, 5.74) is 0.991. The zero-order valence-electron chi connectivity index (χ0n) is 27.7. The first kappa shape index (κ1) is 34.7. The summed E-state index contributed by atoms with van der Waals surface area (Å²) in [6, 6.07) is -0.256. The normalized spacial score (nSPS) is 42.9. The molecule has 0 bridgehead atoms. The van der Waals surface area contributed by atoms with Gasteiger partial charge in [-0.3, -0.25) is 0 Å². The summed E-state index contributed by atoms with van der Waals surface area (Å²) < 4.78 is 11.4. The molecule has 4 fully saturated rings. The van der Waals surface area contributed by atoms with Gasteiger partial charge in [-0.25, -0.2) is 0 Å². The molecule has 0 spiro atoms. The van der Waals surface area contributed by atoms with Crippen LogP contribution in [0.5, 0.6) is 0 Å². The Balaban J connectivity index is 0.00000216. The van der Waals surface area contributed by atoms with Crippen LogP contribution in [0.4, 0.5) is 0 Å². The van der Waals surface area contributed by atoms with Gasteiger partial charge in [0, 0.05) is 0 Å². The Morgan fingerprint density at radius 3 is 2.20 bits per heavy atom. The molecule has 40 heavy (non-hydrogen) atoms. The fourth-order valence-electron chi connectivity index (χ4n) is 11.4. The number of ether oxygens (including phenoxy) is 1. The molecular weight excluding hydrogens is 696 g/mol. The maximum absolute atomic E-state index is 11.8. The molecule has 0 aromatic heterocycles. The van der Waals surface area contributed by atoms with Crippen molar-refractivity contribution in [2.75, 3.05) is 13.7 Å². The summed E-state index contributed by atoms with van der Waals surface area (Å²) in [5.74, 6) is 2.36. The summed E-state index contributed by atoms with van der Waals surface area (Å²) >= 11 is 1.49. The van der Waals surface area contributed by atoms with Gasteiger partial charge in [0.2, 0.25) is 0 Å². The molecule has 0 heterocycles. The molecule has 6 heteroatoms. The van der Waals surface area contributed by atoms with Crippen LogP contribution < -0.4 is 5.32 Å². The Morgan fingerprint density at radius 1 is 1.00 bits per heavy atom. The van der Waals surface area contributed by atoms with Gasteiger partial charge < -0.3 is 0 Å². The number of carbonyl (C=O) groups excluding carboxylic acids is 1. The number of methoxy groups -OCH3 is 1. The second-order valence-corrected chi connectivity index (χ2v) is 16.4. The molecule has 7 unspecified atom stereocenters. The Bertz CT molecular complexity index is 878. The quantitative estimate of drug-likeness (QED) is 0.199. The first-order valence-corrected chi connectivity index (χ1v) is 17.6. The Morgan fingerprint density at radius 2 is 1.60 bits per heavy atom. The van der Waals surface area contributed by atoms with Crippen LogP contribution in [0.15, 0.2) is 0 Å². The average Bonchev–Trinajstić information content (AvgIpc) is 3.29. The number of rotatable bonds is 8. The monoisotopic (exact) mass is 758 g/mol. The van der Waals surface area contributed by atoms with E-state index in [0.29, 0.717) is 35.2 Å². The first-order valence-electron chi connectivity index (χ1n) is 16.4. The van der Waals surface area contributed by atoms with Crippen LogP contribution in [0.25, 0.3) is 0 Å². The van der Waals surface area contributed by atoms with Gasteiger partial charge in [0.25, 0.3) is 0 Å². The van der Waals surface area contributed by atoms with Crippen LogP contribution in [0, 0.1) is 75.9 Å². The molecule has 234 valence electrons. The molecule has 5 nitrogen and oxygen atoms in total. The number of aliphatic hydroxyl groups is 1. The molecule has 4 aliphatic rings. The minimum atomic E-state index is -0.256. The Hall–Kier alpha value is 0.233. The third-order valence-corrected chi connectivity index (χ3v) is 14.1. The van der Waals surface area contributed by atoms with Crippen molar-refractivity contribution < 1.29 is 42.6 Å². The third-order valence-electron chi connectivity index (χ3n) is 13.3. The predicted octanol–water partition coefficient (Wildman–Crippen LogP) is 7.48. The molecule has 0 aliphatic heterocycles. The van der Waals surface area contributed by atoms with Gasteiger partial charge >= 0.3 is 243 Å². The van der Waals surface area contributed by atoms with Gasteiger partial charge in [-0.2, -0.15) is 0 Å². The summed E-state index contributed by atoms with van der Waals surface area (Å²) in [7, 11) is 1.45. The first-order chi connectivity index (χ1) is 18.6. The van der Waals surface area contributed by atoms with Crippen molar-refractivity contribution in [3.05, 3.63) is 0 Å². The van der Waals surface area contributed by atoms with Gasteiger partial charge in [0.1, 0.15) is 0 Å². The Labute approximate surface area is 262 Å². The number of nitrogens with one attached hydrogen (secondary N) is 1. The molecule has 0 radical (unpaired) electrons. The molecule has 0 amide bonds. The molecule has 0 aromatic rings. The fraction of sp³-hybridized carbons (Fsp3) is 0.971. The zero-order chi connectivity index (χ0) is 30.3. The third kappa shape index (κ3) is 5.61. The predicted molar refractivity (Wildman–Crippen MR) is 159 cm³/mol. The molecule has 10 atom stereocenters. The molecule has 4 saturated carbocycles. The standard InChI is InChI=1S/C32H56AtNO4.C2H6/c1-20(27(36)37-9)34-18-10-15-28(2,3)21-11-12-23-31(7)16-13-22-29(4,5)25(35)14-17-30(22,6)24(31)19-26(38-33)32(21,23)8;1-2/h20-26,34-35H,10-19H2,1-9H3;1-2H3/t20?,21?,22?,23?,24?,25-,26?,30-,31-,32?;/m0./s1. The van der Waals surface area contributed by atoms with E-state index in [2.05, 4.69) is 53.8 Å². The van der Waals surface area contributed by atoms with E-state index in [1.807, 2.05) is 20.8 Å². The van der Waals surface area contributed by atoms with E-state index >= 15 is 0 Å². The molecule has 4 aliphatic carbocycles. The van der Waals surface area contributed by atoms with E-state index in [1.165, 1.54) is 64.4 Å². The number of esters is 1. The molecule has 0 aromatic carbocycles. The molecular formula is C34H62AtNO4. The van der Waals surface area contributed by atoms with E-state index in [0.717, 1.165) is 32.2 Å². The molecule has 4 rings (SSSR count). The SMILES string of the molecule is CC.COC(=O)C(C)NCCCC(C)(C)C1CCC2C1(C)C(O[At])CC1[C@@]2(C)CCC2C(C)(C)[C@@H](O)CC[C@@]21C. The van der Waals surface area contributed by atoms with E-state index < -0.39 is 0 Å². The van der Waals surface area contributed by atoms with E-state index in [-0.39, 0.29) is 39.8 Å². The van der Waals surface area contributed by atoms with Gasteiger partial charge in [-0.05, 0) is 0 Å². The summed E-state index contributed by atoms with van der Waals surface area (Å²) in [5, 5.41) is 14.3. The van der Waals surface area contributed by atoms with Crippen molar-refractivity contribution >= 4 is 5.97 Å². The number of fused-ring (bicyclic) bond motifs is 5. The van der Waals surface area contributed by atoms with E-state index in [1.54, 1.807) is 0 Å². The van der Waals surface area contributed by atoms with Gasteiger partial charge in [0.05, 0.1) is 7.11 Å². The van der Waals surface area contributed by atoms with Crippen LogP contribution >= 0.6 is 0 Å². The number of carbonyl (C=O) groups is 1. The van der Waals surface area contributed by atoms with E-state index in [9.17, 15) is 9.90 Å². The molecule has 0 saturated heterocycles. The van der Waals surface area contributed by atoms with Crippen LogP contribution in [0.1, 0.15) is 127 Å². The number of aliphatic hydroxyl groups excluding tert-OH is 1. The van der Waals surface area contributed by atoms with Crippen molar-refractivity contribution in [3.63, 3.8) is 0 Å².